The van der Waals surface area contributed by atoms with E-state index in [2.05, 4.69) is 53.7 Å². The Balaban J connectivity index is 1.34. The maximum absolute atomic E-state index is 14.2. The van der Waals surface area contributed by atoms with E-state index >= 15 is 0 Å². The van der Waals surface area contributed by atoms with Gasteiger partial charge in [-0.3, -0.25) is 29.0 Å². The molecule has 0 saturated carbocycles. The maximum atomic E-state index is 14.2. The molecule has 5 aromatic rings. The fraction of sp³-hybridized carbons (Fsp3) is 0.435. The number of imide groups is 2. The van der Waals surface area contributed by atoms with Crippen LogP contribution in [0.25, 0.3) is 43.1 Å². The van der Waals surface area contributed by atoms with Crippen molar-refractivity contribution in [2.45, 2.75) is 92.9 Å². The molecule has 2 atom stereocenters. The zero-order chi connectivity index (χ0) is 38.6. The molecule has 0 saturated heterocycles. The Hall–Kier alpha value is -5.34. The van der Waals surface area contributed by atoms with Crippen LogP contribution < -0.4 is 0 Å². The van der Waals surface area contributed by atoms with Gasteiger partial charge in [0.05, 0.1) is 34.4 Å². The molecule has 5 aromatic carbocycles. The van der Waals surface area contributed by atoms with Crippen LogP contribution in [0.2, 0.25) is 0 Å². The number of carbonyl (C=O) groups excluding carboxylic acids is 4. The van der Waals surface area contributed by atoms with E-state index in [9.17, 15) is 29.7 Å². The van der Waals surface area contributed by atoms with Gasteiger partial charge in [0.15, 0.2) is 0 Å². The van der Waals surface area contributed by atoms with Gasteiger partial charge >= 0.3 is 0 Å². The summed E-state index contributed by atoms with van der Waals surface area (Å²) < 4.78 is 0. The van der Waals surface area contributed by atoms with Gasteiger partial charge in [-0.2, -0.15) is 10.5 Å². The average Bonchev–Trinajstić information content (AvgIpc) is 3.14. The minimum absolute atomic E-state index is 0.256. The van der Waals surface area contributed by atoms with Crippen molar-refractivity contribution in [3.05, 3.63) is 69.8 Å². The molecule has 0 fully saturated rings. The van der Waals surface area contributed by atoms with E-state index in [4.69, 9.17) is 0 Å². The lowest BCUT2D eigenvalue weighted by molar-refractivity contribution is 0.0586. The van der Waals surface area contributed by atoms with Crippen molar-refractivity contribution < 1.29 is 19.2 Å². The third kappa shape index (κ3) is 6.06. The third-order valence-corrected chi connectivity index (χ3v) is 11.9. The summed E-state index contributed by atoms with van der Waals surface area (Å²) in [7, 11) is 0. The number of hydrogen-bond donors (Lipinski definition) is 0. The van der Waals surface area contributed by atoms with Gasteiger partial charge in [0, 0.05) is 56.5 Å². The zero-order valence-corrected chi connectivity index (χ0v) is 32.3. The van der Waals surface area contributed by atoms with Crippen molar-refractivity contribution in [1.82, 2.24) is 9.80 Å². The highest BCUT2D eigenvalue weighted by molar-refractivity contribution is 6.42. The predicted molar refractivity (Wildman–Crippen MR) is 213 cm³/mol. The van der Waals surface area contributed by atoms with Crippen molar-refractivity contribution in [3.63, 3.8) is 0 Å². The Bertz CT molecular complexity index is 2290. The highest BCUT2D eigenvalue weighted by Crippen LogP contribution is 2.48. The summed E-state index contributed by atoms with van der Waals surface area (Å²) in [6.07, 6.45) is 7.89. The molecule has 0 radical (unpaired) electrons. The number of hydrogen-bond acceptors (Lipinski definition) is 6. The SMILES string of the molecule is CC(C)CCC[C@H](C)CCN1C(=O)c2ccc3c4c(C#N)cc5c6c(ccc(c7c(C#N)cc(c2c37)C1=O)c64)C(=O)N(CC[C@@H](C)CCCC(C)C)C5=O. The largest absolute Gasteiger partial charge is 0.274 e. The maximum Gasteiger partial charge on any atom is 0.261 e. The smallest absolute Gasteiger partial charge is 0.261 e. The van der Waals surface area contributed by atoms with Crippen molar-refractivity contribution in [2.75, 3.05) is 13.1 Å². The van der Waals surface area contributed by atoms with Gasteiger partial charge in [-0.25, -0.2) is 0 Å². The van der Waals surface area contributed by atoms with Crippen molar-refractivity contribution in [1.29, 1.82) is 10.5 Å². The molecule has 0 N–H and O–H groups in total. The van der Waals surface area contributed by atoms with E-state index in [1.54, 1.807) is 36.4 Å². The Morgan fingerprint density at radius 1 is 0.481 bits per heavy atom. The Morgan fingerprint density at radius 2 is 0.852 bits per heavy atom. The minimum atomic E-state index is -0.427. The fourth-order valence-electron chi connectivity index (χ4n) is 8.89. The molecule has 2 aliphatic rings. The molecule has 7 rings (SSSR count). The van der Waals surface area contributed by atoms with Crippen LogP contribution in [0.4, 0.5) is 0 Å². The van der Waals surface area contributed by atoms with Crippen LogP contribution in [0, 0.1) is 46.3 Å². The first kappa shape index (κ1) is 37.0. The standard InChI is InChI=1S/C46H48N4O4/c1-25(2)9-7-11-27(5)17-19-49-43(51)33-15-13-31-38-30(24-48)22-36-40-34(44(52)50(46(36)54)20-18-28(6)12-8-10-26(3)4)16-14-32(42(38)40)37-29(23-47)21-35(45(49)53)39(33)41(31)37/h13-16,21-22,25-28H,7-12,17-20H2,1-6H3/t27-,28-/m0/s1. The molecule has 2 heterocycles. The normalized spacial score (nSPS) is 15.4. The molecule has 2 aliphatic heterocycles. The highest BCUT2D eigenvalue weighted by atomic mass is 16.2. The van der Waals surface area contributed by atoms with E-state index in [1.165, 1.54) is 9.80 Å². The van der Waals surface area contributed by atoms with Gasteiger partial charge in [-0.1, -0.05) is 92.2 Å². The second kappa shape index (κ2) is 14.5. The zero-order valence-electron chi connectivity index (χ0n) is 32.3. The van der Waals surface area contributed by atoms with Gasteiger partial charge in [0.25, 0.3) is 23.6 Å². The first-order valence-electron chi connectivity index (χ1n) is 19.7. The van der Waals surface area contributed by atoms with Crippen LogP contribution >= 0.6 is 0 Å². The van der Waals surface area contributed by atoms with Crippen molar-refractivity contribution >= 4 is 66.7 Å². The molecule has 0 aromatic heterocycles. The first-order chi connectivity index (χ1) is 25.9. The van der Waals surface area contributed by atoms with Gasteiger partial charge in [-0.05, 0) is 71.6 Å². The van der Waals surface area contributed by atoms with Gasteiger partial charge in [-0.15, -0.1) is 0 Å². The summed E-state index contributed by atoms with van der Waals surface area (Å²) in [6, 6.07) is 14.8. The second-order valence-corrected chi connectivity index (χ2v) is 16.7. The Kier molecular flexibility index (Phi) is 9.92. The summed E-state index contributed by atoms with van der Waals surface area (Å²) in [6.45, 7) is 13.7. The molecule has 54 heavy (non-hydrogen) atoms. The molecule has 0 spiro atoms. The number of rotatable bonds is 14. The number of fused-ring (bicyclic) bond motifs is 2. The lowest BCUT2D eigenvalue weighted by atomic mass is 9.79. The molecule has 8 nitrogen and oxygen atoms in total. The Morgan fingerprint density at radius 3 is 1.20 bits per heavy atom. The van der Waals surface area contributed by atoms with Crippen molar-refractivity contribution in [2.24, 2.45) is 23.7 Å². The van der Waals surface area contributed by atoms with Crippen molar-refractivity contribution in [3.8, 4) is 12.1 Å². The molecule has 0 aliphatic carbocycles. The predicted octanol–water partition coefficient (Wildman–Crippen LogP) is 10.4. The van der Waals surface area contributed by atoms with Crippen LogP contribution in [-0.2, 0) is 0 Å². The number of benzene rings is 5. The topological polar surface area (TPSA) is 122 Å². The summed E-state index contributed by atoms with van der Waals surface area (Å²) in [5.41, 5.74) is 1.86. The molecule has 8 heteroatoms. The number of amides is 4. The fourth-order valence-corrected chi connectivity index (χ4v) is 8.89. The monoisotopic (exact) mass is 720 g/mol. The lowest BCUT2D eigenvalue weighted by Crippen LogP contribution is -2.41. The van der Waals surface area contributed by atoms with Gasteiger partial charge in [0.1, 0.15) is 0 Å². The summed E-state index contributed by atoms with van der Waals surface area (Å²) in [5, 5.41) is 25.6. The first-order valence-corrected chi connectivity index (χ1v) is 19.7. The van der Waals surface area contributed by atoms with Crippen LogP contribution in [0.15, 0.2) is 36.4 Å². The van der Waals surface area contributed by atoms with Crippen LogP contribution in [0.5, 0.6) is 0 Å². The van der Waals surface area contributed by atoms with Crippen LogP contribution in [-0.4, -0.2) is 46.5 Å². The summed E-state index contributed by atoms with van der Waals surface area (Å²) >= 11 is 0. The molecule has 276 valence electrons. The summed E-state index contributed by atoms with van der Waals surface area (Å²) in [4.78, 5) is 59.1. The summed E-state index contributed by atoms with van der Waals surface area (Å²) in [5.74, 6) is 0.344. The minimum Gasteiger partial charge on any atom is -0.274 e. The molecular weight excluding hydrogens is 673 g/mol. The molecule has 0 unspecified atom stereocenters. The molecule has 4 amide bonds. The number of nitriles is 2. The van der Waals surface area contributed by atoms with E-state index in [-0.39, 0.29) is 36.0 Å². The van der Waals surface area contributed by atoms with E-state index in [1.807, 2.05) is 0 Å². The highest BCUT2D eigenvalue weighted by Gasteiger charge is 2.38. The van der Waals surface area contributed by atoms with Gasteiger partial charge < -0.3 is 0 Å². The van der Waals surface area contributed by atoms with Gasteiger partial charge in [0.2, 0.25) is 0 Å². The third-order valence-electron chi connectivity index (χ3n) is 11.9. The number of nitrogens with zero attached hydrogens (tertiary/aromatic N) is 4. The number of carbonyl (C=O) groups is 4. The van der Waals surface area contributed by atoms with Crippen LogP contribution in [0.1, 0.15) is 145 Å². The average molecular weight is 721 g/mol. The van der Waals surface area contributed by atoms with Crippen LogP contribution in [0.3, 0.4) is 0 Å². The second-order valence-electron chi connectivity index (χ2n) is 16.7. The molecular formula is C46H48N4O4. The van der Waals surface area contributed by atoms with E-state index in [0.717, 1.165) is 38.5 Å². The Labute approximate surface area is 317 Å². The quantitative estimate of drug-likeness (QED) is 0.0639. The molecule has 0 bridgehead atoms. The van der Waals surface area contributed by atoms with E-state index < -0.39 is 11.8 Å². The lowest BCUT2D eigenvalue weighted by Gasteiger charge is -2.31. The van der Waals surface area contributed by atoms with E-state index in [0.29, 0.717) is 102 Å².